The molecule has 0 bridgehead atoms. The molecule has 3 heterocycles. The minimum atomic E-state index is -0.485. The highest BCUT2D eigenvalue weighted by atomic mass is 16.5. The van der Waals surface area contributed by atoms with Crippen LogP contribution in [0.3, 0.4) is 0 Å². The number of allylic oxidation sites excluding steroid dienone is 2. The minimum absolute atomic E-state index is 0.0401. The quantitative estimate of drug-likeness (QED) is 0.333. The highest BCUT2D eigenvalue weighted by Crippen LogP contribution is 2.51. The van der Waals surface area contributed by atoms with Crippen molar-refractivity contribution in [2.75, 3.05) is 28.4 Å². The van der Waals surface area contributed by atoms with Gasteiger partial charge in [-0.25, -0.2) is 14.5 Å². The van der Waals surface area contributed by atoms with Crippen LogP contribution in [0.25, 0.3) is 17.0 Å². The van der Waals surface area contributed by atoms with Crippen LogP contribution in [-0.2, 0) is 4.79 Å². The number of fused-ring (bicyclic) bond motifs is 3. The number of ether oxygens (including phenoxy) is 5. The van der Waals surface area contributed by atoms with Gasteiger partial charge in [0.25, 0.3) is 0 Å². The van der Waals surface area contributed by atoms with Crippen molar-refractivity contribution in [3.05, 3.63) is 65.2 Å². The maximum atomic E-state index is 13.7. The average molecular weight is 543 g/mol. The van der Waals surface area contributed by atoms with Crippen LogP contribution in [-0.4, -0.2) is 53.8 Å². The van der Waals surface area contributed by atoms with Gasteiger partial charge in [-0.15, -0.1) is 5.10 Å². The van der Waals surface area contributed by atoms with E-state index < -0.39 is 5.92 Å². The molecule has 4 aromatic rings. The van der Waals surface area contributed by atoms with E-state index in [0.29, 0.717) is 70.1 Å². The summed E-state index contributed by atoms with van der Waals surface area (Å²) in [5.74, 6) is 3.40. The number of carbonyl (C=O) groups excluding carboxylic acids is 1. The van der Waals surface area contributed by atoms with Gasteiger partial charge in [0.15, 0.2) is 40.3 Å². The first-order chi connectivity index (χ1) is 19.3. The van der Waals surface area contributed by atoms with Crippen molar-refractivity contribution in [1.82, 2.24) is 19.6 Å². The van der Waals surface area contributed by atoms with Gasteiger partial charge in [-0.1, -0.05) is 19.9 Å². The molecule has 10 heteroatoms. The first kappa shape index (κ1) is 25.7. The molecule has 10 nitrogen and oxygen atoms in total. The largest absolute Gasteiger partial charge is 0.493 e. The third-order valence-corrected chi connectivity index (χ3v) is 7.45. The molecular weight excluding hydrogens is 512 g/mol. The van der Waals surface area contributed by atoms with Crippen LogP contribution in [0.5, 0.6) is 28.9 Å². The molecule has 0 spiro atoms. The Balaban J connectivity index is 1.58. The summed E-state index contributed by atoms with van der Waals surface area (Å²) in [4.78, 5) is 23.3. The summed E-state index contributed by atoms with van der Waals surface area (Å²) in [5, 5.41) is 4.70. The number of carbonyl (C=O) groups is 1. The molecule has 2 aromatic carbocycles. The number of Topliss-reactive ketones (excluding diaryl/α,β-unsaturated/α-hetero) is 1. The van der Waals surface area contributed by atoms with Gasteiger partial charge >= 0.3 is 0 Å². The van der Waals surface area contributed by atoms with Gasteiger partial charge in [0.05, 0.1) is 39.9 Å². The monoisotopic (exact) mass is 542 g/mol. The van der Waals surface area contributed by atoms with Gasteiger partial charge in [-0.2, -0.15) is 0 Å². The molecule has 0 N–H and O–H groups in total. The lowest BCUT2D eigenvalue weighted by Crippen LogP contribution is -2.33. The summed E-state index contributed by atoms with van der Waals surface area (Å²) in [7, 11) is 6.35. The Kier molecular flexibility index (Phi) is 6.13. The molecule has 0 saturated heterocycles. The van der Waals surface area contributed by atoms with Crippen LogP contribution in [0.1, 0.15) is 43.7 Å². The lowest BCUT2D eigenvalue weighted by Gasteiger charge is -2.37. The zero-order valence-corrected chi connectivity index (χ0v) is 23.3. The van der Waals surface area contributed by atoms with Crippen molar-refractivity contribution in [3.63, 3.8) is 0 Å². The molecule has 206 valence electrons. The van der Waals surface area contributed by atoms with Gasteiger partial charge < -0.3 is 23.7 Å². The van der Waals surface area contributed by atoms with E-state index in [0.717, 1.165) is 11.1 Å². The normalized spacial score (nSPS) is 17.6. The fraction of sp³-hybridized carbons (Fsp3) is 0.333. The lowest BCUT2D eigenvalue weighted by molar-refractivity contribution is -0.118. The lowest BCUT2D eigenvalue weighted by atomic mass is 9.70. The van der Waals surface area contributed by atoms with Crippen molar-refractivity contribution in [2.45, 2.75) is 32.6 Å². The zero-order chi connectivity index (χ0) is 28.2. The fourth-order valence-electron chi connectivity index (χ4n) is 5.61. The fourth-order valence-corrected chi connectivity index (χ4v) is 5.61. The molecule has 0 radical (unpaired) electrons. The van der Waals surface area contributed by atoms with Crippen LogP contribution in [0.15, 0.2) is 54.1 Å². The summed E-state index contributed by atoms with van der Waals surface area (Å²) in [6.07, 6.45) is 2.61. The van der Waals surface area contributed by atoms with Crippen LogP contribution in [0.4, 0.5) is 0 Å². The number of ketones is 1. The molecule has 1 aliphatic heterocycles. The second kappa shape index (κ2) is 9.55. The Morgan fingerprint density at radius 2 is 1.57 bits per heavy atom. The van der Waals surface area contributed by atoms with Gasteiger partial charge in [0, 0.05) is 24.0 Å². The number of methoxy groups -OCH3 is 4. The molecule has 2 aliphatic rings. The molecule has 1 atom stereocenters. The maximum Gasteiger partial charge on any atom is 0.228 e. The number of hydrogen-bond donors (Lipinski definition) is 0. The Bertz CT molecular complexity index is 1690. The summed E-state index contributed by atoms with van der Waals surface area (Å²) in [6.45, 7) is 4.15. The van der Waals surface area contributed by atoms with Crippen molar-refractivity contribution < 1.29 is 28.5 Å². The van der Waals surface area contributed by atoms with Crippen LogP contribution in [0.2, 0.25) is 0 Å². The smallest absolute Gasteiger partial charge is 0.228 e. The molecule has 6 rings (SSSR count). The Morgan fingerprint density at radius 3 is 2.27 bits per heavy atom. The van der Waals surface area contributed by atoms with Crippen molar-refractivity contribution in [2.24, 2.45) is 5.41 Å². The topological polar surface area (TPSA) is 106 Å². The Hall–Kier alpha value is -4.60. The van der Waals surface area contributed by atoms with Gasteiger partial charge in [0.1, 0.15) is 12.1 Å². The van der Waals surface area contributed by atoms with E-state index in [4.69, 9.17) is 33.8 Å². The SMILES string of the molecule is COc1ccc(-c2nc3c4c(ncn3n2)OC2=C(C(=O)CC(C)(C)C2)[C@@H]4c2ccc(OC)c(OC)c2)cc1OC. The van der Waals surface area contributed by atoms with Crippen molar-refractivity contribution >= 4 is 11.4 Å². The second-order valence-electron chi connectivity index (χ2n) is 10.7. The number of benzene rings is 2. The van der Waals surface area contributed by atoms with E-state index in [1.807, 2.05) is 36.4 Å². The summed E-state index contributed by atoms with van der Waals surface area (Å²) >= 11 is 0. The second-order valence-corrected chi connectivity index (χ2v) is 10.7. The molecule has 1 aliphatic carbocycles. The number of nitrogens with zero attached hydrogens (tertiary/aromatic N) is 4. The maximum absolute atomic E-state index is 13.7. The predicted octanol–water partition coefficient (Wildman–Crippen LogP) is 4.99. The van der Waals surface area contributed by atoms with Crippen molar-refractivity contribution in [1.29, 1.82) is 0 Å². The predicted molar refractivity (Wildman–Crippen MR) is 146 cm³/mol. The van der Waals surface area contributed by atoms with E-state index in [9.17, 15) is 4.79 Å². The van der Waals surface area contributed by atoms with Gasteiger partial charge in [0.2, 0.25) is 5.88 Å². The minimum Gasteiger partial charge on any atom is -0.493 e. The Labute approximate surface area is 231 Å². The molecule has 2 aromatic heterocycles. The van der Waals surface area contributed by atoms with E-state index in [2.05, 4.69) is 18.8 Å². The van der Waals surface area contributed by atoms with E-state index in [-0.39, 0.29) is 11.2 Å². The first-order valence-electron chi connectivity index (χ1n) is 12.9. The Morgan fingerprint density at radius 1 is 0.900 bits per heavy atom. The number of aromatic nitrogens is 4. The average Bonchev–Trinajstić information content (AvgIpc) is 3.39. The first-order valence-corrected chi connectivity index (χ1v) is 12.9. The zero-order valence-electron chi connectivity index (χ0n) is 23.3. The van der Waals surface area contributed by atoms with Crippen molar-refractivity contribution in [3.8, 4) is 40.3 Å². The number of rotatable bonds is 6. The van der Waals surface area contributed by atoms with Crippen LogP contribution >= 0.6 is 0 Å². The molecule has 0 unspecified atom stereocenters. The van der Waals surface area contributed by atoms with E-state index in [1.165, 1.54) is 0 Å². The summed E-state index contributed by atoms with van der Waals surface area (Å²) in [6, 6.07) is 11.2. The highest BCUT2D eigenvalue weighted by Gasteiger charge is 2.44. The van der Waals surface area contributed by atoms with Gasteiger partial charge in [-0.05, 0) is 41.3 Å². The molecule has 0 saturated carbocycles. The van der Waals surface area contributed by atoms with Crippen LogP contribution in [0, 0.1) is 5.41 Å². The summed E-state index contributed by atoms with van der Waals surface area (Å²) < 4.78 is 29.9. The molecule has 0 amide bonds. The third kappa shape index (κ3) is 4.11. The highest BCUT2D eigenvalue weighted by molar-refractivity contribution is 6.00. The standard InChI is InChI=1S/C30H30N4O6/c1-30(2)13-18(35)25-23(14-30)40-29-26(24(25)16-7-9-19(36-3)21(11-16)38-5)28-32-27(33-34(28)15-31-29)17-8-10-20(37-4)22(12-17)39-6/h7-12,15,24H,13-14H2,1-6H3/t24-/m0/s1. The van der Waals surface area contributed by atoms with E-state index in [1.54, 1.807) is 39.3 Å². The van der Waals surface area contributed by atoms with Crippen LogP contribution < -0.4 is 23.7 Å². The van der Waals surface area contributed by atoms with E-state index >= 15 is 0 Å². The van der Waals surface area contributed by atoms with Gasteiger partial charge in [-0.3, -0.25) is 4.79 Å². The summed E-state index contributed by atoms with van der Waals surface area (Å²) in [5.41, 5.74) is 3.18. The molecule has 0 fully saturated rings. The molecular formula is C30H30N4O6. The molecule has 40 heavy (non-hydrogen) atoms. The number of hydrogen-bond acceptors (Lipinski definition) is 9. The third-order valence-electron chi connectivity index (χ3n) is 7.45.